The number of hydrogen-bond acceptors (Lipinski definition) is 6. The lowest BCUT2D eigenvalue weighted by Gasteiger charge is -2.20. The predicted molar refractivity (Wildman–Crippen MR) is 163 cm³/mol. The lowest BCUT2D eigenvalue weighted by molar-refractivity contribution is 0.00701. The second-order valence-corrected chi connectivity index (χ2v) is 11.9. The molecule has 0 aliphatic carbocycles. The molecule has 1 aromatic heterocycles. The van der Waals surface area contributed by atoms with Crippen LogP contribution < -0.4 is 0 Å². The Bertz CT molecular complexity index is 1520. The quantitative estimate of drug-likeness (QED) is 0.205. The summed E-state index contributed by atoms with van der Waals surface area (Å²) in [5.41, 5.74) is 2.56. The molecule has 0 radical (unpaired) electrons. The molecule has 3 aromatic carbocycles. The third kappa shape index (κ3) is 7.53. The van der Waals surface area contributed by atoms with Crippen LogP contribution >= 0.6 is 0 Å². The van der Waals surface area contributed by atoms with E-state index in [0.29, 0.717) is 30.0 Å². The van der Waals surface area contributed by atoms with Crippen LogP contribution in [0.4, 0.5) is 0 Å². The Kier molecular flexibility index (Phi) is 9.32. The van der Waals surface area contributed by atoms with Crippen molar-refractivity contribution in [2.75, 3.05) is 0 Å². The van der Waals surface area contributed by atoms with Gasteiger partial charge >= 0.3 is 11.9 Å². The van der Waals surface area contributed by atoms with E-state index in [1.807, 2.05) is 105 Å². The van der Waals surface area contributed by atoms with Crippen LogP contribution in [0.5, 0.6) is 0 Å². The first-order valence-electron chi connectivity index (χ1n) is 14.3. The largest absolute Gasteiger partial charge is 0.456 e. The highest BCUT2D eigenvalue weighted by molar-refractivity contribution is 5.97. The standard InChI is InChI=1S/C35H40N2O5/c1-7-13-29-36-31(35(5,6)40)30(33(39)41-23-25-14-9-8-10-15-25)37(29)22-24-18-20-26(21-19-24)27-16-11-12-17-28(27)32(38)42-34(2,3)4/h8-12,14-21,40H,7,13,22-23H2,1-6H3. The summed E-state index contributed by atoms with van der Waals surface area (Å²) < 4.78 is 13.2. The maximum atomic E-state index is 13.5. The van der Waals surface area contributed by atoms with Gasteiger partial charge in [-0.3, -0.25) is 0 Å². The second-order valence-electron chi connectivity index (χ2n) is 11.9. The van der Waals surface area contributed by atoms with Crippen molar-refractivity contribution in [1.82, 2.24) is 9.55 Å². The summed E-state index contributed by atoms with van der Waals surface area (Å²) in [4.78, 5) is 31.1. The van der Waals surface area contributed by atoms with E-state index in [2.05, 4.69) is 0 Å². The van der Waals surface area contributed by atoms with Gasteiger partial charge in [0, 0.05) is 13.0 Å². The Balaban J connectivity index is 1.67. The third-order valence-corrected chi connectivity index (χ3v) is 6.66. The molecule has 0 aliphatic heterocycles. The molecule has 0 amide bonds. The normalized spacial score (nSPS) is 11.8. The van der Waals surface area contributed by atoms with Crippen molar-refractivity contribution in [1.29, 1.82) is 0 Å². The minimum absolute atomic E-state index is 0.116. The summed E-state index contributed by atoms with van der Waals surface area (Å²) >= 11 is 0. The van der Waals surface area contributed by atoms with Gasteiger partial charge in [-0.15, -0.1) is 0 Å². The van der Waals surface area contributed by atoms with Gasteiger partial charge in [-0.1, -0.05) is 79.7 Å². The first kappa shape index (κ1) is 30.7. The van der Waals surface area contributed by atoms with E-state index in [9.17, 15) is 14.7 Å². The number of ether oxygens (including phenoxy) is 2. The molecule has 0 saturated carbocycles. The molecule has 42 heavy (non-hydrogen) atoms. The van der Waals surface area contributed by atoms with Crippen molar-refractivity contribution in [3.8, 4) is 11.1 Å². The van der Waals surface area contributed by atoms with Crippen LogP contribution in [0, 0.1) is 0 Å². The SMILES string of the molecule is CCCc1nc(C(C)(C)O)c(C(=O)OCc2ccccc2)n1Cc1ccc(-c2ccccc2C(=O)OC(C)(C)C)cc1. The topological polar surface area (TPSA) is 90.6 Å². The highest BCUT2D eigenvalue weighted by atomic mass is 16.6. The van der Waals surface area contributed by atoms with Gasteiger partial charge in [-0.05, 0) is 69.4 Å². The second kappa shape index (κ2) is 12.7. The van der Waals surface area contributed by atoms with Gasteiger partial charge in [0.25, 0.3) is 0 Å². The number of aryl methyl sites for hydroxylation is 1. The summed E-state index contributed by atoms with van der Waals surface area (Å²) in [7, 11) is 0. The van der Waals surface area contributed by atoms with Gasteiger partial charge in [-0.2, -0.15) is 0 Å². The van der Waals surface area contributed by atoms with Crippen LogP contribution in [0.1, 0.15) is 91.5 Å². The van der Waals surface area contributed by atoms with Gasteiger partial charge in [-0.25, -0.2) is 14.6 Å². The number of aromatic nitrogens is 2. The molecule has 1 heterocycles. The number of carbonyl (C=O) groups excluding carboxylic acids is 2. The maximum Gasteiger partial charge on any atom is 0.357 e. The minimum Gasteiger partial charge on any atom is -0.456 e. The van der Waals surface area contributed by atoms with Crippen LogP contribution in [0.15, 0.2) is 78.9 Å². The molecule has 0 atom stereocenters. The van der Waals surface area contributed by atoms with Crippen LogP contribution in [-0.4, -0.2) is 32.2 Å². The van der Waals surface area contributed by atoms with Gasteiger partial charge in [0.1, 0.15) is 29.3 Å². The van der Waals surface area contributed by atoms with Gasteiger partial charge in [0.15, 0.2) is 5.69 Å². The molecule has 4 aromatic rings. The first-order valence-corrected chi connectivity index (χ1v) is 14.3. The summed E-state index contributed by atoms with van der Waals surface area (Å²) in [6.07, 6.45) is 1.46. The van der Waals surface area contributed by atoms with Crippen LogP contribution in [0.3, 0.4) is 0 Å². The number of nitrogens with zero attached hydrogens (tertiary/aromatic N) is 2. The molecule has 7 nitrogen and oxygen atoms in total. The maximum absolute atomic E-state index is 13.5. The molecule has 0 bridgehead atoms. The predicted octanol–water partition coefficient (Wildman–Crippen LogP) is 7.09. The third-order valence-electron chi connectivity index (χ3n) is 6.66. The molecule has 0 unspecified atom stereocenters. The monoisotopic (exact) mass is 568 g/mol. The van der Waals surface area contributed by atoms with Crippen molar-refractivity contribution in [3.05, 3.63) is 113 Å². The van der Waals surface area contributed by atoms with Crippen LogP contribution in [0.2, 0.25) is 0 Å². The fourth-order valence-electron chi connectivity index (χ4n) is 4.73. The molecular weight excluding hydrogens is 528 g/mol. The number of benzene rings is 3. The molecule has 0 aliphatic rings. The molecule has 0 fully saturated rings. The van der Waals surface area contributed by atoms with E-state index in [4.69, 9.17) is 14.5 Å². The fraction of sp³-hybridized carbons (Fsp3) is 0.343. The Morgan fingerprint density at radius 1 is 0.833 bits per heavy atom. The Morgan fingerprint density at radius 2 is 1.48 bits per heavy atom. The van der Waals surface area contributed by atoms with E-state index in [0.717, 1.165) is 28.7 Å². The van der Waals surface area contributed by atoms with E-state index < -0.39 is 17.2 Å². The average molecular weight is 569 g/mol. The first-order chi connectivity index (χ1) is 19.9. The summed E-state index contributed by atoms with van der Waals surface area (Å²) in [6.45, 7) is 11.3. The zero-order chi connectivity index (χ0) is 30.5. The number of aliphatic hydroxyl groups is 1. The van der Waals surface area contributed by atoms with Gasteiger partial charge in [0.2, 0.25) is 0 Å². The van der Waals surface area contributed by atoms with Crippen molar-refractivity contribution >= 4 is 11.9 Å². The number of hydrogen-bond donors (Lipinski definition) is 1. The molecular formula is C35H40N2O5. The molecule has 1 N–H and O–H groups in total. The number of imidazole rings is 1. The molecule has 4 rings (SSSR count). The molecule has 0 saturated heterocycles. The van der Waals surface area contributed by atoms with Gasteiger partial charge < -0.3 is 19.1 Å². The summed E-state index contributed by atoms with van der Waals surface area (Å²) in [5, 5.41) is 11.0. The molecule has 0 spiro atoms. The van der Waals surface area contributed by atoms with Gasteiger partial charge in [0.05, 0.1) is 5.56 Å². The highest BCUT2D eigenvalue weighted by Gasteiger charge is 2.32. The molecule has 220 valence electrons. The number of rotatable bonds is 10. The molecule has 7 heteroatoms. The van der Waals surface area contributed by atoms with E-state index in [1.165, 1.54) is 0 Å². The lowest BCUT2D eigenvalue weighted by Crippen LogP contribution is -2.24. The summed E-state index contributed by atoms with van der Waals surface area (Å²) in [6, 6.07) is 24.7. The number of carbonyl (C=O) groups is 2. The fourth-order valence-corrected chi connectivity index (χ4v) is 4.73. The van der Waals surface area contributed by atoms with Crippen LogP contribution in [-0.2, 0) is 34.6 Å². The zero-order valence-corrected chi connectivity index (χ0v) is 25.3. The van der Waals surface area contributed by atoms with E-state index >= 15 is 0 Å². The van der Waals surface area contributed by atoms with Crippen molar-refractivity contribution in [3.63, 3.8) is 0 Å². The van der Waals surface area contributed by atoms with E-state index in [1.54, 1.807) is 19.9 Å². The van der Waals surface area contributed by atoms with Crippen molar-refractivity contribution in [2.45, 2.75) is 78.7 Å². The number of esters is 2. The zero-order valence-electron chi connectivity index (χ0n) is 25.3. The van der Waals surface area contributed by atoms with Crippen molar-refractivity contribution < 1.29 is 24.2 Å². The van der Waals surface area contributed by atoms with Crippen LogP contribution in [0.25, 0.3) is 11.1 Å². The van der Waals surface area contributed by atoms with Crippen molar-refractivity contribution in [2.24, 2.45) is 0 Å². The highest BCUT2D eigenvalue weighted by Crippen LogP contribution is 2.29. The smallest absolute Gasteiger partial charge is 0.357 e. The van der Waals surface area contributed by atoms with E-state index in [-0.39, 0.29) is 18.3 Å². The Labute approximate surface area is 248 Å². The lowest BCUT2D eigenvalue weighted by atomic mass is 9.98. The minimum atomic E-state index is -1.34. The Morgan fingerprint density at radius 3 is 2.10 bits per heavy atom. The summed E-state index contributed by atoms with van der Waals surface area (Å²) in [5.74, 6) is -0.197. The average Bonchev–Trinajstić information content (AvgIpc) is 3.30. The Hall–Kier alpha value is -4.23.